The van der Waals surface area contributed by atoms with Gasteiger partial charge in [-0.3, -0.25) is 0 Å². The van der Waals surface area contributed by atoms with Crippen molar-refractivity contribution >= 4 is 38.2 Å². The highest BCUT2D eigenvalue weighted by Crippen LogP contribution is 2.02. The predicted octanol–water partition coefficient (Wildman–Crippen LogP) is 1.12. The van der Waals surface area contributed by atoms with Crippen LogP contribution < -0.4 is 5.73 Å². The van der Waals surface area contributed by atoms with Gasteiger partial charge in [0.2, 0.25) is 0 Å². The molecule has 0 saturated heterocycles. The van der Waals surface area contributed by atoms with Crippen molar-refractivity contribution in [1.82, 2.24) is 0 Å². The number of halogens is 1. The molecule has 4 heteroatoms. The molecule has 0 aliphatic heterocycles. The number of rotatable bonds is 0. The van der Waals surface area contributed by atoms with Crippen molar-refractivity contribution in [3.05, 3.63) is 0 Å². The first kappa shape index (κ1) is 5.53. The first-order valence-corrected chi connectivity index (χ1v) is 2.90. The van der Waals surface area contributed by atoms with Crippen LogP contribution >= 0.6 is 33.9 Å². The van der Waals surface area contributed by atoms with Gasteiger partial charge in [0.05, 0.1) is 0 Å². The van der Waals surface area contributed by atoms with E-state index in [-0.39, 0.29) is 4.32 Å². The van der Waals surface area contributed by atoms with Crippen LogP contribution in [0.25, 0.3) is 0 Å². The number of thiocarbonyl (C=S) groups is 1. The lowest BCUT2D eigenvalue weighted by atomic mass is 11.5. The third-order valence-electron chi connectivity index (χ3n) is 0.0760. The lowest BCUT2D eigenvalue weighted by Gasteiger charge is -1.74. The van der Waals surface area contributed by atoms with Crippen molar-refractivity contribution in [2.75, 3.05) is 0 Å². The summed E-state index contributed by atoms with van der Waals surface area (Å²) in [5.41, 5.74) is 4.85. The number of nitrogens with two attached hydrogens (primary N) is 1. The zero-order chi connectivity index (χ0) is 4.28. The van der Waals surface area contributed by atoms with Gasteiger partial charge in [-0.05, 0) is 10.7 Å². The van der Waals surface area contributed by atoms with Crippen LogP contribution in [-0.2, 0) is 0 Å². The Kier molecular flexibility index (Phi) is 3.04. The number of hydrogen-bond donors (Lipinski definition) is 1. The Bertz CT molecular complexity index is 44.9. The smallest absolute Gasteiger partial charge is 0.146 e. The zero-order valence-electron chi connectivity index (χ0n) is 2.27. The fourth-order valence-corrected chi connectivity index (χ4v) is 0. The second-order valence-electron chi connectivity index (χ2n) is 0.396. The van der Waals surface area contributed by atoms with Crippen LogP contribution in [0.15, 0.2) is 0 Å². The summed E-state index contributed by atoms with van der Waals surface area (Å²) in [6.45, 7) is 0. The second kappa shape index (κ2) is 2.75. The first-order valence-electron chi connectivity index (χ1n) is 0.851. The average molecular weight is 128 g/mol. The van der Waals surface area contributed by atoms with Crippen LogP contribution in [0.2, 0.25) is 0 Å². The molecule has 0 amide bonds. The Morgan fingerprint density at radius 3 is 2.20 bits per heavy atom. The highest BCUT2D eigenvalue weighted by molar-refractivity contribution is 8.38. The van der Waals surface area contributed by atoms with Crippen molar-refractivity contribution < 1.29 is 0 Å². The van der Waals surface area contributed by atoms with Gasteiger partial charge in [-0.1, -0.05) is 12.2 Å². The molecule has 0 heterocycles. The molecule has 0 radical (unpaired) electrons. The third-order valence-corrected chi connectivity index (χ3v) is 1.25. The molecule has 0 saturated carbocycles. The highest BCUT2D eigenvalue weighted by atomic mass is 35.7. The van der Waals surface area contributed by atoms with E-state index in [1.807, 2.05) is 0 Å². The number of hydrogen-bond acceptors (Lipinski definition) is 2. The predicted molar refractivity (Wildman–Crippen MR) is 30.2 cm³/mol. The van der Waals surface area contributed by atoms with E-state index < -0.39 is 0 Å². The van der Waals surface area contributed by atoms with Gasteiger partial charge in [0.15, 0.2) is 0 Å². The summed E-state index contributed by atoms with van der Waals surface area (Å²) in [6, 6.07) is 0. The fraction of sp³-hybridized carbons (Fsp3) is 0. The topological polar surface area (TPSA) is 26.0 Å². The summed E-state index contributed by atoms with van der Waals surface area (Å²) >= 11 is 4.31. The van der Waals surface area contributed by atoms with Crippen molar-refractivity contribution in [1.29, 1.82) is 0 Å². The summed E-state index contributed by atoms with van der Waals surface area (Å²) in [7, 11) is 5.85. The Hall–Kier alpha value is 0.530. The van der Waals surface area contributed by atoms with E-state index in [2.05, 4.69) is 12.2 Å². The fourth-order valence-electron chi connectivity index (χ4n) is 0. The van der Waals surface area contributed by atoms with Gasteiger partial charge >= 0.3 is 0 Å². The Morgan fingerprint density at radius 1 is 2.00 bits per heavy atom. The minimum Gasteiger partial charge on any atom is -0.384 e. The van der Waals surface area contributed by atoms with Crippen molar-refractivity contribution in [3.8, 4) is 0 Å². The SMILES string of the molecule is NC(=S)SCl. The molecule has 0 unspecified atom stereocenters. The van der Waals surface area contributed by atoms with Gasteiger partial charge in [-0.2, -0.15) is 0 Å². The third kappa shape index (κ3) is 4.53. The van der Waals surface area contributed by atoms with Gasteiger partial charge in [0.25, 0.3) is 0 Å². The summed E-state index contributed by atoms with van der Waals surface area (Å²) in [4.78, 5) is 0. The van der Waals surface area contributed by atoms with Crippen molar-refractivity contribution in [3.63, 3.8) is 0 Å². The lowest BCUT2D eigenvalue weighted by molar-refractivity contribution is 1.91. The minimum atomic E-state index is 0.270. The Labute approximate surface area is 44.4 Å². The largest absolute Gasteiger partial charge is 0.384 e. The molecular formula is CH2ClNS2. The Morgan fingerprint density at radius 2 is 2.20 bits per heavy atom. The van der Waals surface area contributed by atoms with Crippen molar-refractivity contribution in [2.24, 2.45) is 5.73 Å². The molecule has 0 bridgehead atoms. The van der Waals surface area contributed by atoms with Gasteiger partial charge < -0.3 is 5.73 Å². The van der Waals surface area contributed by atoms with Crippen LogP contribution in [0.5, 0.6) is 0 Å². The maximum absolute atomic E-state index is 4.99. The molecule has 0 aromatic heterocycles. The standard InChI is InChI=1S/CH2ClNS2/c2-5-1(3)4/h(H2,3,4). The summed E-state index contributed by atoms with van der Waals surface area (Å²) in [5, 5.41) is 0. The maximum Gasteiger partial charge on any atom is 0.146 e. The van der Waals surface area contributed by atoms with E-state index >= 15 is 0 Å². The van der Waals surface area contributed by atoms with Gasteiger partial charge in [-0.25, -0.2) is 0 Å². The van der Waals surface area contributed by atoms with Crippen LogP contribution in [0.3, 0.4) is 0 Å². The zero-order valence-corrected chi connectivity index (χ0v) is 4.66. The van der Waals surface area contributed by atoms with E-state index in [0.717, 1.165) is 11.0 Å². The van der Waals surface area contributed by atoms with Gasteiger partial charge in [0.1, 0.15) is 4.32 Å². The molecule has 0 spiro atoms. The maximum atomic E-state index is 4.99. The lowest BCUT2D eigenvalue weighted by Crippen LogP contribution is -1.97. The van der Waals surface area contributed by atoms with Crippen LogP contribution in [-0.4, -0.2) is 4.32 Å². The highest BCUT2D eigenvalue weighted by Gasteiger charge is 1.75. The van der Waals surface area contributed by atoms with E-state index in [1.54, 1.807) is 0 Å². The van der Waals surface area contributed by atoms with Crippen LogP contribution in [0.4, 0.5) is 0 Å². The van der Waals surface area contributed by atoms with E-state index in [0.29, 0.717) is 0 Å². The van der Waals surface area contributed by atoms with Gasteiger partial charge in [0, 0.05) is 11.0 Å². The molecule has 0 aromatic carbocycles. The molecule has 2 N–H and O–H groups in total. The van der Waals surface area contributed by atoms with E-state index in [9.17, 15) is 0 Å². The van der Waals surface area contributed by atoms with Gasteiger partial charge in [-0.15, -0.1) is 0 Å². The monoisotopic (exact) mass is 127 g/mol. The minimum absolute atomic E-state index is 0.270. The molecule has 5 heavy (non-hydrogen) atoms. The van der Waals surface area contributed by atoms with E-state index in [1.165, 1.54) is 0 Å². The van der Waals surface area contributed by atoms with Crippen LogP contribution in [0, 0.1) is 0 Å². The molecule has 0 aromatic rings. The molecule has 0 fully saturated rings. The second-order valence-corrected chi connectivity index (χ2v) is 2.15. The summed E-state index contributed by atoms with van der Waals surface area (Å²) in [6.07, 6.45) is 0. The summed E-state index contributed by atoms with van der Waals surface area (Å²) in [5.74, 6) is 0. The van der Waals surface area contributed by atoms with Crippen molar-refractivity contribution in [2.45, 2.75) is 0 Å². The first-order chi connectivity index (χ1) is 2.27. The molecule has 0 aliphatic carbocycles. The Balaban J connectivity index is 2.85. The van der Waals surface area contributed by atoms with E-state index in [4.69, 9.17) is 16.4 Å². The normalized spacial score (nSPS) is 7.40. The molecule has 0 atom stereocenters. The quantitative estimate of drug-likeness (QED) is 0.494. The molecule has 0 aliphatic rings. The molecular weight excluding hydrogens is 126 g/mol. The average Bonchev–Trinajstić information content (AvgIpc) is 1.38. The molecule has 0 rings (SSSR count). The molecule has 1 nitrogen and oxygen atoms in total. The molecule has 30 valence electrons. The summed E-state index contributed by atoms with van der Waals surface area (Å²) < 4.78 is 0.270. The van der Waals surface area contributed by atoms with Crippen LogP contribution in [0.1, 0.15) is 0 Å².